The van der Waals surface area contributed by atoms with E-state index in [2.05, 4.69) is 37.2 Å². The van der Waals surface area contributed by atoms with Crippen LogP contribution in [0.25, 0.3) is 5.69 Å². The topological polar surface area (TPSA) is 50.8 Å². The average molecular weight is 347 g/mol. The summed E-state index contributed by atoms with van der Waals surface area (Å²) < 4.78 is 1.90. The van der Waals surface area contributed by atoms with Gasteiger partial charge in [0.2, 0.25) is 0 Å². The van der Waals surface area contributed by atoms with Crippen LogP contribution in [-0.4, -0.2) is 47.2 Å². The first kappa shape index (κ1) is 16.3. The van der Waals surface area contributed by atoms with Crippen molar-refractivity contribution in [1.82, 2.24) is 14.8 Å². The molecule has 0 radical (unpaired) electrons. The molecule has 1 N–H and O–H groups in total. The van der Waals surface area contributed by atoms with Crippen molar-refractivity contribution in [3.8, 4) is 5.69 Å². The lowest BCUT2D eigenvalue weighted by Crippen LogP contribution is -2.45. The summed E-state index contributed by atoms with van der Waals surface area (Å²) >= 11 is 0. The minimum atomic E-state index is 0.908. The fourth-order valence-electron chi connectivity index (χ4n) is 3.09. The van der Waals surface area contributed by atoms with Gasteiger partial charge >= 0.3 is 0 Å². The maximum Gasteiger partial charge on any atom is 0.274 e. The fraction of sp³-hybridized carbons (Fsp3) is 0.250. The van der Waals surface area contributed by atoms with E-state index in [0.29, 0.717) is 0 Å². The van der Waals surface area contributed by atoms with Gasteiger partial charge in [-0.15, -0.1) is 0 Å². The third-order valence-electron chi connectivity index (χ3n) is 4.61. The number of nitrogens with one attached hydrogen (secondary N) is 1. The normalized spacial score (nSPS) is 15.0. The molecule has 0 unspecified atom stereocenters. The largest absolute Gasteiger partial charge is 0.289 e. The van der Waals surface area contributed by atoms with E-state index in [9.17, 15) is 0 Å². The minimum absolute atomic E-state index is 0.908. The molecule has 6 heteroatoms. The molecule has 2 aromatic heterocycles. The number of aromatic nitrogens is 3. The Balaban J connectivity index is 1.39. The highest BCUT2D eigenvalue weighted by molar-refractivity contribution is 5.80. The molecule has 6 nitrogen and oxygen atoms in total. The van der Waals surface area contributed by atoms with Crippen LogP contribution in [0, 0.1) is 6.92 Å². The Bertz CT molecular complexity index is 864. The number of nitrogens with zero attached hydrogens (tertiary/aromatic N) is 5. The number of H-pyrrole nitrogens is 1. The molecule has 132 valence electrons. The van der Waals surface area contributed by atoms with Gasteiger partial charge in [-0.05, 0) is 25.1 Å². The van der Waals surface area contributed by atoms with Crippen LogP contribution in [0.15, 0.2) is 66.0 Å². The lowest BCUT2D eigenvalue weighted by molar-refractivity contribution is -0.364. The van der Waals surface area contributed by atoms with Crippen LogP contribution in [-0.2, 0) is 0 Å². The van der Waals surface area contributed by atoms with Gasteiger partial charge in [0.15, 0.2) is 0 Å². The Hall–Kier alpha value is -3.15. The molecule has 1 aliphatic rings. The zero-order valence-corrected chi connectivity index (χ0v) is 14.9. The van der Waals surface area contributed by atoms with E-state index in [1.54, 1.807) is 0 Å². The van der Waals surface area contributed by atoms with Crippen LogP contribution in [0.4, 0.5) is 5.82 Å². The van der Waals surface area contributed by atoms with Crippen LogP contribution in [0.2, 0.25) is 0 Å². The number of hydrogen-bond donors (Lipinski definition) is 0. The number of hydrazone groups is 1. The Labute approximate surface area is 153 Å². The van der Waals surface area contributed by atoms with Gasteiger partial charge in [0.1, 0.15) is 13.1 Å². The number of piperazine rings is 1. The third-order valence-corrected chi connectivity index (χ3v) is 4.61. The number of anilines is 1. The Kier molecular flexibility index (Phi) is 4.64. The Morgan fingerprint density at radius 2 is 1.77 bits per heavy atom. The van der Waals surface area contributed by atoms with E-state index in [-0.39, 0.29) is 0 Å². The van der Waals surface area contributed by atoms with Gasteiger partial charge in [0, 0.05) is 17.8 Å². The van der Waals surface area contributed by atoms with Crippen LogP contribution < -0.4 is 9.88 Å². The molecule has 0 spiro atoms. The zero-order valence-electron chi connectivity index (χ0n) is 14.9. The van der Waals surface area contributed by atoms with Crippen LogP contribution in [0.5, 0.6) is 0 Å². The molecule has 0 atom stereocenters. The Morgan fingerprint density at radius 1 is 1.00 bits per heavy atom. The van der Waals surface area contributed by atoms with Crippen molar-refractivity contribution in [2.24, 2.45) is 5.10 Å². The highest BCUT2D eigenvalue weighted by Crippen LogP contribution is 2.12. The molecule has 1 aliphatic heterocycles. The number of hydrogen-bond acceptors (Lipinski definition) is 4. The van der Waals surface area contributed by atoms with Gasteiger partial charge < -0.3 is 0 Å². The number of para-hydroxylation sites is 1. The van der Waals surface area contributed by atoms with Gasteiger partial charge in [0.25, 0.3) is 5.82 Å². The molecule has 0 amide bonds. The van der Waals surface area contributed by atoms with Crippen molar-refractivity contribution in [3.05, 3.63) is 72.2 Å². The summed E-state index contributed by atoms with van der Waals surface area (Å²) in [5, 5.41) is 11.4. The van der Waals surface area contributed by atoms with Crippen LogP contribution in [0.3, 0.4) is 0 Å². The summed E-state index contributed by atoms with van der Waals surface area (Å²) in [5.41, 5.74) is 3.09. The van der Waals surface area contributed by atoms with Crippen molar-refractivity contribution >= 4 is 12.0 Å². The van der Waals surface area contributed by atoms with E-state index in [4.69, 9.17) is 0 Å². The second-order valence-corrected chi connectivity index (χ2v) is 6.38. The predicted octanol–water partition coefficient (Wildman–Crippen LogP) is 2.15. The molecule has 26 heavy (non-hydrogen) atoms. The highest BCUT2D eigenvalue weighted by Gasteiger charge is 2.21. The second kappa shape index (κ2) is 7.39. The summed E-state index contributed by atoms with van der Waals surface area (Å²) in [7, 11) is 0. The average Bonchev–Trinajstić information content (AvgIpc) is 3.09. The third kappa shape index (κ3) is 3.59. The summed E-state index contributed by atoms with van der Waals surface area (Å²) in [6.45, 7) is 5.75. The molecular weight excluding hydrogens is 324 g/mol. The van der Waals surface area contributed by atoms with Gasteiger partial charge in [-0.25, -0.2) is 9.67 Å². The second-order valence-electron chi connectivity index (χ2n) is 6.38. The smallest absolute Gasteiger partial charge is 0.274 e. The first-order valence-electron chi connectivity index (χ1n) is 8.92. The van der Waals surface area contributed by atoms with Crippen molar-refractivity contribution in [2.45, 2.75) is 6.92 Å². The van der Waals surface area contributed by atoms with Gasteiger partial charge in [0.05, 0.1) is 36.9 Å². The summed E-state index contributed by atoms with van der Waals surface area (Å²) in [6.07, 6.45) is 5.92. The standard InChI is InChI=1S/C20H22N6/c1-17-18(16-26(23-17)19-7-3-2-4-8-19)15-22-25-13-11-24(12-14-25)20-9-5-6-10-21-20/h2-10,15-16H,11-14H2,1H3/p+1/b22-15-. The number of aryl methyl sites for hydroxylation is 1. The molecule has 3 heterocycles. The maximum atomic E-state index is 4.67. The van der Waals surface area contributed by atoms with Gasteiger partial charge in [-0.2, -0.15) is 10.2 Å². The quantitative estimate of drug-likeness (QED) is 0.680. The van der Waals surface area contributed by atoms with Gasteiger partial charge in [-0.1, -0.05) is 24.3 Å². The molecule has 0 bridgehead atoms. The van der Waals surface area contributed by atoms with Crippen molar-refractivity contribution in [3.63, 3.8) is 0 Å². The molecule has 1 aromatic carbocycles. The van der Waals surface area contributed by atoms with E-state index >= 15 is 0 Å². The van der Waals surface area contributed by atoms with Crippen LogP contribution in [0.1, 0.15) is 11.3 Å². The Morgan fingerprint density at radius 3 is 2.50 bits per heavy atom. The number of aromatic amines is 1. The van der Waals surface area contributed by atoms with E-state index < -0.39 is 0 Å². The highest BCUT2D eigenvalue weighted by atomic mass is 15.5. The fourth-order valence-corrected chi connectivity index (χ4v) is 3.09. The maximum absolute atomic E-state index is 4.67. The number of pyridine rings is 1. The monoisotopic (exact) mass is 347 g/mol. The van der Waals surface area contributed by atoms with E-state index in [1.165, 1.54) is 0 Å². The van der Waals surface area contributed by atoms with Gasteiger partial charge in [-0.3, -0.25) is 9.91 Å². The molecule has 1 fully saturated rings. The lowest BCUT2D eigenvalue weighted by Gasteiger charge is -2.28. The van der Waals surface area contributed by atoms with E-state index in [1.807, 2.05) is 66.6 Å². The SMILES string of the molecule is Cc1nn(-c2ccccc2)cc1/C=N\N1CCN(c2cccc[nH+]2)CC1. The lowest BCUT2D eigenvalue weighted by atomic mass is 10.3. The van der Waals surface area contributed by atoms with Crippen molar-refractivity contribution < 1.29 is 4.98 Å². The van der Waals surface area contributed by atoms with Crippen molar-refractivity contribution in [1.29, 1.82) is 0 Å². The predicted molar refractivity (Wildman–Crippen MR) is 103 cm³/mol. The first-order chi connectivity index (χ1) is 12.8. The summed E-state index contributed by atoms with van der Waals surface area (Å²) in [6, 6.07) is 16.3. The number of rotatable bonds is 4. The minimum Gasteiger partial charge on any atom is -0.289 e. The molecule has 1 saturated heterocycles. The molecule has 0 aliphatic carbocycles. The molecule has 4 rings (SSSR count). The molecular formula is C20H23N6+. The van der Waals surface area contributed by atoms with E-state index in [0.717, 1.165) is 48.9 Å². The summed E-state index contributed by atoms with van der Waals surface area (Å²) in [4.78, 5) is 5.65. The summed E-state index contributed by atoms with van der Waals surface area (Å²) in [5.74, 6) is 1.16. The molecule has 0 saturated carbocycles. The zero-order chi connectivity index (χ0) is 17.8. The van der Waals surface area contributed by atoms with Crippen LogP contribution >= 0.6 is 0 Å². The number of benzene rings is 1. The first-order valence-corrected chi connectivity index (χ1v) is 8.92. The molecule has 3 aromatic rings. The van der Waals surface area contributed by atoms with Crippen molar-refractivity contribution in [2.75, 3.05) is 31.1 Å².